The maximum Gasteiger partial charge on any atom is 0.343 e. The van der Waals surface area contributed by atoms with E-state index in [4.69, 9.17) is 14.2 Å². The van der Waals surface area contributed by atoms with Gasteiger partial charge in [0.1, 0.15) is 17.2 Å². The van der Waals surface area contributed by atoms with E-state index < -0.39 is 11.9 Å². The highest BCUT2D eigenvalue weighted by molar-refractivity contribution is 6.04. The van der Waals surface area contributed by atoms with Gasteiger partial charge in [0, 0.05) is 5.56 Å². The van der Waals surface area contributed by atoms with Crippen LogP contribution in [-0.2, 0) is 4.79 Å². The molecular weight excluding hydrogens is 480 g/mol. The van der Waals surface area contributed by atoms with Crippen LogP contribution in [0, 0.1) is 0 Å². The van der Waals surface area contributed by atoms with Crippen LogP contribution in [-0.4, -0.2) is 31.8 Å². The Morgan fingerprint density at radius 1 is 0.789 bits per heavy atom. The number of hydrazone groups is 1. The summed E-state index contributed by atoms with van der Waals surface area (Å²) in [6, 6.07) is 31.4. The largest absolute Gasteiger partial charge is 0.497 e. The summed E-state index contributed by atoms with van der Waals surface area (Å²) in [6.45, 7) is -0.204. The quantitative estimate of drug-likeness (QED) is 0.126. The van der Waals surface area contributed by atoms with E-state index in [9.17, 15) is 9.59 Å². The van der Waals surface area contributed by atoms with E-state index in [1.165, 1.54) is 6.21 Å². The van der Waals surface area contributed by atoms with E-state index in [1.54, 1.807) is 37.4 Å². The zero-order chi connectivity index (χ0) is 26.3. The molecule has 0 radical (unpaired) electrons. The first-order valence-electron chi connectivity index (χ1n) is 11.9. The van der Waals surface area contributed by atoms with Crippen LogP contribution in [0.1, 0.15) is 15.9 Å². The molecule has 0 unspecified atom stereocenters. The van der Waals surface area contributed by atoms with Gasteiger partial charge in [-0.25, -0.2) is 10.2 Å². The standard InChI is InChI=1S/C31H24N2O5/c1-36-25-14-11-23(12-15-25)31(35)38-29-17-13-22-7-4-5-9-27(22)28(29)19-32-33-30(34)20-37-26-16-10-21-6-2-3-8-24(21)18-26/h2-19H,20H2,1H3,(H,33,34). The Bertz CT molecular complexity index is 1640. The van der Waals surface area contributed by atoms with Crippen LogP contribution in [0.3, 0.4) is 0 Å². The number of methoxy groups -OCH3 is 1. The van der Waals surface area contributed by atoms with Gasteiger partial charge in [-0.2, -0.15) is 5.10 Å². The maximum absolute atomic E-state index is 12.8. The van der Waals surface area contributed by atoms with Crippen LogP contribution in [0.4, 0.5) is 0 Å². The van der Waals surface area contributed by atoms with Crippen molar-refractivity contribution in [3.63, 3.8) is 0 Å². The number of nitrogens with zero attached hydrogens (tertiary/aromatic N) is 1. The second-order valence-electron chi connectivity index (χ2n) is 8.41. The van der Waals surface area contributed by atoms with E-state index in [1.807, 2.05) is 72.8 Å². The summed E-state index contributed by atoms with van der Waals surface area (Å²) in [5.74, 6) is 0.594. The van der Waals surface area contributed by atoms with Crippen molar-refractivity contribution in [3.05, 3.63) is 114 Å². The van der Waals surface area contributed by atoms with Gasteiger partial charge in [-0.1, -0.05) is 60.7 Å². The Labute approximate surface area is 219 Å². The second kappa shape index (κ2) is 11.3. The number of nitrogens with one attached hydrogen (secondary N) is 1. The molecule has 0 saturated heterocycles. The molecule has 0 atom stereocenters. The molecule has 0 spiro atoms. The number of hydrogen-bond donors (Lipinski definition) is 1. The number of ether oxygens (including phenoxy) is 3. The van der Waals surface area contributed by atoms with Gasteiger partial charge in [-0.15, -0.1) is 0 Å². The molecule has 7 nitrogen and oxygen atoms in total. The van der Waals surface area contributed by atoms with E-state index >= 15 is 0 Å². The smallest absolute Gasteiger partial charge is 0.343 e. The highest BCUT2D eigenvalue weighted by Crippen LogP contribution is 2.28. The van der Waals surface area contributed by atoms with Crippen LogP contribution in [0.15, 0.2) is 108 Å². The van der Waals surface area contributed by atoms with Gasteiger partial charge < -0.3 is 14.2 Å². The normalized spacial score (nSPS) is 11.0. The Balaban J connectivity index is 1.29. The lowest BCUT2D eigenvalue weighted by Gasteiger charge is -2.11. The highest BCUT2D eigenvalue weighted by atomic mass is 16.5. The van der Waals surface area contributed by atoms with Gasteiger partial charge in [-0.05, 0) is 64.0 Å². The Hall–Kier alpha value is -5.17. The van der Waals surface area contributed by atoms with Gasteiger partial charge in [0.2, 0.25) is 0 Å². The van der Waals surface area contributed by atoms with Crippen molar-refractivity contribution in [3.8, 4) is 17.2 Å². The van der Waals surface area contributed by atoms with Crippen LogP contribution in [0.25, 0.3) is 21.5 Å². The Morgan fingerprint density at radius 3 is 2.26 bits per heavy atom. The summed E-state index contributed by atoms with van der Waals surface area (Å²) in [4.78, 5) is 25.2. The molecule has 1 N–H and O–H groups in total. The van der Waals surface area contributed by atoms with Crippen molar-refractivity contribution in [1.29, 1.82) is 0 Å². The first kappa shape index (κ1) is 24.5. The highest BCUT2D eigenvalue weighted by Gasteiger charge is 2.14. The fourth-order valence-electron chi connectivity index (χ4n) is 3.99. The minimum atomic E-state index is -0.523. The average Bonchev–Trinajstić information content (AvgIpc) is 2.96. The van der Waals surface area contributed by atoms with Gasteiger partial charge in [-0.3, -0.25) is 4.79 Å². The molecule has 5 rings (SSSR count). The molecule has 1 amide bonds. The summed E-state index contributed by atoms with van der Waals surface area (Å²) < 4.78 is 16.5. The van der Waals surface area contributed by atoms with Gasteiger partial charge in [0.25, 0.3) is 5.91 Å². The Morgan fingerprint density at radius 2 is 1.47 bits per heavy atom. The lowest BCUT2D eigenvalue weighted by atomic mass is 10.0. The topological polar surface area (TPSA) is 86.2 Å². The third-order valence-corrected chi connectivity index (χ3v) is 5.93. The van der Waals surface area contributed by atoms with Crippen molar-refractivity contribution in [2.24, 2.45) is 5.10 Å². The third kappa shape index (κ3) is 5.63. The zero-order valence-corrected chi connectivity index (χ0v) is 20.6. The molecule has 5 aromatic carbocycles. The molecular formula is C31H24N2O5. The SMILES string of the molecule is COc1ccc(C(=O)Oc2ccc3ccccc3c2C=NNC(=O)COc2ccc3ccccc3c2)cc1. The van der Waals surface area contributed by atoms with E-state index in [0.29, 0.717) is 28.4 Å². The number of fused-ring (bicyclic) bond motifs is 2. The molecule has 0 heterocycles. The predicted molar refractivity (Wildman–Crippen MR) is 147 cm³/mol. The van der Waals surface area contributed by atoms with E-state index in [-0.39, 0.29) is 6.61 Å². The number of carbonyl (C=O) groups is 2. The van der Waals surface area contributed by atoms with Crippen molar-refractivity contribution < 1.29 is 23.8 Å². The van der Waals surface area contributed by atoms with Crippen molar-refractivity contribution in [2.45, 2.75) is 0 Å². The van der Waals surface area contributed by atoms with Crippen LogP contribution < -0.4 is 19.6 Å². The number of hydrogen-bond acceptors (Lipinski definition) is 6. The maximum atomic E-state index is 12.8. The lowest BCUT2D eigenvalue weighted by Crippen LogP contribution is -2.24. The molecule has 0 aliphatic carbocycles. The van der Waals surface area contributed by atoms with E-state index in [0.717, 1.165) is 21.5 Å². The molecule has 0 bridgehead atoms. The number of esters is 1. The molecule has 0 fully saturated rings. The lowest BCUT2D eigenvalue weighted by molar-refractivity contribution is -0.123. The fourth-order valence-corrected chi connectivity index (χ4v) is 3.99. The van der Waals surface area contributed by atoms with Gasteiger partial charge in [0.05, 0.1) is 18.9 Å². The molecule has 0 aliphatic rings. The van der Waals surface area contributed by atoms with Gasteiger partial charge >= 0.3 is 5.97 Å². The van der Waals surface area contributed by atoms with Crippen molar-refractivity contribution >= 4 is 39.6 Å². The van der Waals surface area contributed by atoms with Gasteiger partial charge in [0.15, 0.2) is 6.61 Å². The minimum absolute atomic E-state index is 0.204. The summed E-state index contributed by atoms with van der Waals surface area (Å²) in [6.07, 6.45) is 1.47. The summed E-state index contributed by atoms with van der Waals surface area (Å²) in [5.41, 5.74) is 3.41. The Kier molecular flexibility index (Phi) is 7.27. The molecule has 0 aliphatic heterocycles. The summed E-state index contributed by atoms with van der Waals surface area (Å²) >= 11 is 0. The zero-order valence-electron chi connectivity index (χ0n) is 20.6. The molecule has 5 aromatic rings. The van der Waals surface area contributed by atoms with Crippen molar-refractivity contribution in [1.82, 2.24) is 5.43 Å². The molecule has 0 aromatic heterocycles. The fraction of sp³-hybridized carbons (Fsp3) is 0.0645. The minimum Gasteiger partial charge on any atom is -0.497 e. The molecule has 38 heavy (non-hydrogen) atoms. The van der Waals surface area contributed by atoms with Crippen LogP contribution in [0.2, 0.25) is 0 Å². The van der Waals surface area contributed by atoms with Crippen LogP contribution in [0.5, 0.6) is 17.2 Å². The van der Waals surface area contributed by atoms with Crippen LogP contribution >= 0.6 is 0 Å². The monoisotopic (exact) mass is 504 g/mol. The average molecular weight is 505 g/mol. The molecule has 7 heteroatoms. The number of amides is 1. The third-order valence-electron chi connectivity index (χ3n) is 5.93. The van der Waals surface area contributed by atoms with E-state index in [2.05, 4.69) is 10.5 Å². The molecule has 0 saturated carbocycles. The second-order valence-corrected chi connectivity index (χ2v) is 8.41. The first-order chi connectivity index (χ1) is 18.6. The first-order valence-corrected chi connectivity index (χ1v) is 11.9. The van der Waals surface area contributed by atoms with Crippen molar-refractivity contribution in [2.75, 3.05) is 13.7 Å². The molecule has 188 valence electrons. The summed E-state index contributed by atoms with van der Waals surface area (Å²) in [5, 5.41) is 7.97. The number of benzene rings is 5. The summed E-state index contributed by atoms with van der Waals surface area (Å²) in [7, 11) is 1.56. The number of rotatable bonds is 8. The predicted octanol–water partition coefficient (Wildman–Crippen LogP) is 5.75. The number of carbonyl (C=O) groups excluding carboxylic acids is 2.